The van der Waals surface area contributed by atoms with E-state index in [1.165, 1.54) is 0 Å². The maximum Gasteiger partial charge on any atom is 0.275 e. The first kappa shape index (κ1) is 19.6. The van der Waals surface area contributed by atoms with E-state index in [0.717, 1.165) is 43.2 Å². The number of carbonyl (C=O) groups is 1. The Kier molecular flexibility index (Phi) is 5.07. The van der Waals surface area contributed by atoms with Gasteiger partial charge in [-0.3, -0.25) is 9.59 Å². The van der Waals surface area contributed by atoms with Crippen LogP contribution in [0.2, 0.25) is 0 Å². The lowest BCUT2D eigenvalue weighted by Gasteiger charge is -2.31. The number of aryl methyl sites for hydroxylation is 1. The molecule has 1 saturated heterocycles. The molecule has 0 radical (unpaired) electrons. The molecular weight excluding hydrogens is 394 g/mol. The van der Waals surface area contributed by atoms with Crippen molar-refractivity contribution in [2.24, 2.45) is 0 Å². The van der Waals surface area contributed by atoms with Crippen molar-refractivity contribution < 1.29 is 9.53 Å². The van der Waals surface area contributed by atoms with Crippen molar-refractivity contribution >= 4 is 11.6 Å². The van der Waals surface area contributed by atoms with Crippen molar-refractivity contribution in [2.75, 3.05) is 37.7 Å². The van der Waals surface area contributed by atoms with E-state index in [2.05, 4.69) is 22.0 Å². The van der Waals surface area contributed by atoms with Crippen LogP contribution >= 0.6 is 0 Å². The third-order valence-electron chi connectivity index (χ3n) is 5.90. The molecule has 0 atom stereocenters. The van der Waals surface area contributed by atoms with Crippen LogP contribution < -0.4 is 10.5 Å². The molecule has 5 rings (SSSR count). The fourth-order valence-corrected chi connectivity index (χ4v) is 4.25. The number of morpholine rings is 1. The quantitative estimate of drug-likeness (QED) is 0.645. The highest BCUT2D eigenvalue weighted by molar-refractivity contribution is 5.93. The number of amides is 1. The van der Waals surface area contributed by atoms with Crippen molar-refractivity contribution in [3.63, 3.8) is 0 Å². The summed E-state index contributed by atoms with van der Waals surface area (Å²) < 4.78 is 8.72. The molecule has 31 heavy (non-hydrogen) atoms. The van der Waals surface area contributed by atoms with Crippen molar-refractivity contribution in [3.8, 4) is 5.69 Å². The molecule has 0 unspecified atom stereocenters. The first-order chi connectivity index (χ1) is 15.1. The molecule has 2 aliphatic heterocycles. The van der Waals surface area contributed by atoms with E-state index in [0.29, 0.717) is 31.0 Å². The van der Waals surface area contributed by atoms with Crippen LogP contribution in [-0.2, 0) is 17.8 Å². The number of hydrogen-bond acceptors (Lipinski definition) is 5. The third-order valence-corrected chi connectivity index (χ3v) is 5.90. The summed E-state index contributed by atoms with van der Waals surface area (Å²) in [5.41, 5.74) is 3.84. The standard InChI is InChI=1S/C23H25N5O3/c1-17-14-27(16-24-17)20-5-6-21-22(29)26(7-8-28(21)23(20)30)15-18-3-2-4-19(13-18)25-9-11-31-12-10-25/h2-6,13-14,16H,7-12,15H2,1H3. The highest BCUT2D eigenvalue weighted by atomic mass is 16.5. The maximum atomic E-state index is 13.1. The van der Waals surface area contributed by atoms with E-state index < -0.39 is 0 Å². The van der Waals surface area contributed by atoms with E-state index in [9.17, 15) is 9.59 Å². The Balaban J connectivity index is 1.37. The molecule has 2 aromatic heterocycles. The predicted molar refractivity (Wildman–Crippen MR) is 117 cm³/mol. The van der Waals surface area contributed by atoms with Gasteiger partial charge in [0.2, 0.25) is 0 Å². The molecule has 8 heteroatoms. The first-order valence-electron chi connectivity index (χ1n) is 10.6. The highest BCUT2D eigenvalue weighted by Gasteiger charge is 2.26. The third kappa shape index (κ3) is 3.74. The molecule has 1 amide bonds. The molecule has 0 N–H and O–H groups in total. The maximum absolute atomic E-state index is 13.1. The minimum atomic E-state index is -0.169. The second-order valence-corrected chi connectivity index (χ2v) is 7.98. The molecule has 0 saturated carbocycles. The van der Waals surface area contributed by atoms with Crippen LogP contribution in [0.4, 0.5) is 5.69 Å². The van der Waals surface area contributed by atoms with Gasteiger partial charge in [0.25, 0.3) is 11.5 Å². The molecule has 2 aliphatic rings. The molecule has 0 bridgehead atoms. The Morgan fingerprint density at radius 3 is 2.65 bits per heavy atom. The molecule has 8 nitrogen and oxygen atoms in total. The van der Waals surface area contributed by atoms with E-state index in [-0.39, 0.29) is 11.5 Å². The summed E-state index contributed by atoms with van der Waals surface area (Å²) in [6.45, 7) is 6.60. The Morgan fingerprint density at radius 2 is 1.87 bits per heavy atom. The van der Waals surface area contributed by atoms with Gasteiger partial charge in [-0.1, -0.05) is 12.1 Å². The first-order valence-corrected chi connectivity index (χ1v) is 10.6. The summed E-state index contributed by atoms with van der Waals surface area (Å²) in [4.78, 5) is 34.4. The number of hydrogen-bond donors (Lipinski definition) is 0. The lowest BCUT2D eigenvalue weighted by molar-refractivity contribution is 0.0686. The zero-order valence-corrected chi connectivity index (χ0v) is 17.5. The summed E-state index contributed by atoms with van der Waals surface area (Å²) >= 11 is 0. The van der Waals surface area contributed by atoms with Gasteiger partial charge in [0.1, 0.15) is 11.4 Å². The summed E-state index contributed by atoms with van der Waals surface area (Å²) in [5, 5.41) is 0. The van der Waals surface area contributed by atoms with Crippen LogP contribution in [0.15, 0.2) is 53.7 Å². The number of benzene rings is 1. The zero-order valence-electron chi connectivity index (χ0n) is 17.5. The lowest BCUT2D eigenvalue weighted by Crippen LogP contribution is -2.44. The van der Waals surface area contributed by atoms with Crippen LogP contribution in [0.1, 0.15) is 21.7 Å². The molecule has 4 heterocycles. The number of nitrogens with zero attached hydrogens (tertiary/aromatic N) is 5. The highest BCUT2D eigenvalue weighted by Crippen LogP contribution is 2.21. The van der Waals surface area contributed by atoms with Gasteiger partial charge in [-0.05, 0) is 36.8 Å². The monoisotopic (exact) mass is 419 g/mol. The summed E-state index contributed by atoms with van der Waals surface area (Å²) in [5.74, 6) is -0.117. The average molecular weight is 419 g/mol. The van der Waals surface area contributed by atoms with Gasteiger partial charge in [-0.15, -0.1) is 0 Å². The zero-order chi connectivity index (χ0) is 21.4. The number of aromatic nitrogens is 3. The van der Waals surface area contributed by atoms with E-state index >= 15 is 0 Å². The second kappa shape index (κ2) is 8.03. The Hall–Kier alpha value is -3.39. The van der Waals surface area contributed by atoms with Crippen LogP contribution in [-0.4, -0.2) is 57.8 Å². The van der Waals surface area contributed by atoms with Crippen LogP contribution in [0, 0.1) is 6.92 Å². The van der Waals surface area contributed by atoms with Gasteiger partial charge in [0, 0.05) is 44.6 Å². The van der Waals surface area contributed by atoms with E-state index in [4.69, 9.17) is 4.74 Å². The summed E-state index contributed by atoms with van der Waals surface area (Å²) in [6, 6.07) is 11.8. The molecular formula is C23H25N5O3. The van der Waals surface area contributed by atoms with Gasteiger partial charge < -0.3 is 23.7 Å². The van der Waals surface area contributed by atoms with Gasteiger partial charge in [0.05, 0.1) is 25.2 Å². The number of rotatable bonds is 4. The van der Waals surface area contributed by atoms with Gasteiger partial charge >= 0.3 is 0 Å². The largest absolute Gasteiger partial charge is 0.378 e. The molecule has 160 valence electrons. The van der Waals surface area contributed by atoms with Gasteiger partial charge in [-0.25, -0.2) is 4.98 Å². The molecule has 1 aromatic carbocycles. The van der Waals surface area contributed by atoms with E-state index in [1.807, 2.05) is 30.2 Å². The summed E-state index contributed by atoms with van der Waals surface area (Å²) in [7, 11) is 0. The minimum Gasteiger partial charge on any atom is -0.378 e. The van der Waals surface area contributed by atoms with Crippen LogP contribution in [0.25, 0.3) is 5.69 Å². The normalized spacial score (nSPS) is 16.5. The smallest absolute Gasteiger partial charge is 0.275 e. The van der Waals surface area contributed by atoms with Crippen LogP contribution in [0.5, 0.6) is 0 Å². The lowest BCUT2D eigenvalue weighted by atomic mass is 10.1. The SMILES string of the molecule is Cc1cn(-c2ccc3n(c2=O)CCN(Cc2cccc(N4CCOCC4)c2)C3=O)cn1. The number of ether oxygens (including phenoxy) is 1. The number of pyridine rings is 1. The van der Waals surface area contributed by atoms with E-state index in [1.54, 1.807) is 27.6 Å². The molecule has 1 fully saturated rings. The number of fused-ring (bicyclic) bond motifs is 1. The summed E-state index contributed by atoms with van der Waals surface area (Å²) in [6.07, 6.45) is 3.43. The fourth-order valence-electron chi connectivity index (χ4n) is 4.25. The van der Waals surface area contributed by atoms with Crippen LogP contribution in [0.3, 0.4) is 0 Å². The number of imidazole rings is 1. The average Bonchev–Trinajstić information content (AvgIpc) is 3.23. The number of carbonyl (C=O) groups excluding carboxylic acids is 1. The topological polar surface area (TPSA) is 72.6 Å². The molecule has 0 spiro atoms. The fraction of sp³-hybridized carbons (Fsp3) is 0.348. The van der Waals surface area contributed by atoms with Gasteiger partial charge in [0.15, 0.2) is 0 Å². The van der Waals surface area contributed by atoms with Crippen molar-refractivity contribution in [1.29, 1.82) is 0 Å². The minimum absolute atomic E-state index is 0.117. The molecule has 3 aromatic rings. The predicted octanol–water partition coefficient (Wildman–Crippen LogP) is 1.84. The van der Waals surface area contributed by atoms with Crippen molar-refractivity contribution in [1.82, 2.24) is 19.0 Å². The number of anilines is 1. The van der Waals surface area contributed by atoms with Gasteiger partial charge in [-0.2, -0.15) is 0 Å². The molecule has 0 aliphatic carbocycles. The Bertz CT molecular complexity index is 1180. The second-order valence-electron chi connectivity index (χ2n) is 7.98. The van der Waals surface area contributed by atoms with Crippen molar-refractivity contribution in [2.45, 2.75) is 20.0 Å². The Labute approximate surface area is 180 Å². The van der Waals surface area contributed by atoms with Crippen molar-refractivity contribution in [3.05, 3.63) is 76.2 Å². The Morgan fingerprint density at radius 1 is 1.03 bits per heavy atom.